The van der Waals surface area contributed by atoms with Gasteiger partial charge in [-0.25, -0.2) is 4.98 Å². The first-order valence-corrected chi connectivity index (χ1v) is 5.88. The van der Waals surface area contributed by atoms with E-state index in [1.807, 2.05) is 37.1 Å². The molecule has 17 heavy (non-hydrogen) atoms. The molecule has 0 saturated heterocycles. The van der Waals surface area contributed by atoms with Crippen molar-refractivity contribution in [3.05, 3.63) is 35.7 Å². The molecule has 2 aromatic rings. The third-order valence-corrected chi connectivity index (χ3v) is 2.96. The van der Waals surface area contributed by atoms with Gasteiger partial charge in [0.2, 0.25) is 0 Å². The summed E-state index contributed by atoms with van der Waals surface area (Å²) in [4.78, 5) is 4.34. The topological polar surface area (TPSA) is 61.7 Å². The number of aryl methyl sites for hydroxylation is 3. The molecule has 0 aromatic carbocycles. The largest absolute Gasteiger partial charge is 0.335 e. The number of hydrogen-bond acceptors (Lipinski definition) is 3. The van der Waals surface area contributed by atoms with Gasteiger partial charge in [-0.3, -0.25) is 4.68 Å². The Balaban J connectivity index is 2.17. The van der Waals surface area contributed by atoms with Gasteiger partial charge in [0, 0.05) is 32.4 Å². The summed E-state index contributed by atoms with van der Waals surface area (Å²) in [5, 5.41) is 4.31. The van der Waals surface area contributed by atoms with E-state index in [0.717, 1.165) is 30.2 Å². The first-order valence-electron chi connectivity index (χ1n) is 5.88. The molecule has 0 aliphatic carbocycles. The molecule has 92 valence electrons. The lowest BCUT2D eigenvalue weighted by molar-refractivity contribution is 0.580. The van der Waals surface area contributed by atoms with Crippen molar-refractivity contribution < 1.29 is 0 Å². The van der Waals surface area contributed by atoms with Gasteiger partial charge < -0.3 is 10.3 Å². The lowest BCUT2D eigenvalue weighted by Gasteiger charge is -2.12. The van der Waals surface area contributed by atoms with Gasteiger partial charge in [0.1, 0.15) is 5.82 Å². The van der Waals surface area contributed by atoms with Crippen molar-refractivity contribution in [1.82, 2.24) is 19.3 Å². The van der Waals surface area contributed by atoms with E-state index in [1.54, 1.807) is 0 Å². The fraction of sp³-hybridized carbons (Fsp3) is 0.500. The lowest BCUT2D eigenvalue weighted by atomic mass is 10.1. The molecule has 5 heteroatoms. The number of hydrogen-bond donors (Lipinski definition) is 1. The molecule has 2 rings (SSSR count). The molecule has 2 aromatic heterocycles. The highest BCUT2D eigenvalue weighted by Crippen LogP contribution is 2.15. The third kappa shape index (κ3) is 2.39. The Labute approximate surface area is 101 Å². The van der Waals surface area contributed by atoms with Crippen LogP contribution in [-0.4, -0.2) is 19.3 Å². The first-order chi connectivity index (χ1) is 8.11. The third-order valence-electron chi connectivity index (χ3n) is 2.96. The SMILES string of the molecule is CCn1ccnc1CC(N)c1cc(C)nn1C. The Kier molecular flexibility index (Phi) is 3.28. The van der Waals surface area contributed by atoms with E-state index in [0.29, 0.717) is 0 Å². The number of rotatable bonds is 4. The van der Waals surface area contributed by atoms with Crippen LogP contribution < -0.4 is 5.73 Å². The predicted molar refractivity (Wildman–Crippen MR) is 66.5 cm³/mol. The fourth-order valence-corrected chi connectivity index (χ4v) is 2.10. The van der Waals surface area contributed by atoms with E-state index in [9.17, 15) is 0 Å². The fourth-order valence-electron chi connectivity index (χ4n) is 2.10. The predicted octanol–water partition coefficient (Wildman–Crippen LogP) is 1.19. The van der Waals surface area contributed by atoms with Crippen LogP contribution in [0, 0.1) is 6.92 Å². The van der Waals surface area contributed by atoms with Gasteiger partial charge in [0.25, 0.3) is 0 Å². The highest BCUT2D eigenvalue weighted by Gasteiger charge is 2.14. The van der Waals surface area contributed by atoms with E-state index in [-0.39, 0.29) is 6.04 Å². The minimum Gasteiger partial charge on any atom is -0.335 e. The number of nitrogens with zero attached hydrogens (tertiary/aromatic N) is 4. The number of aromatic nitrogens is 4. The van der Waals surface area contributed by atoms with Gasteiger partial charge in [0.05, 0.1) is 17.4 Å². The molecular weight excluding hydrogens is 214 g/mol. The first kappa shape index (κ1) is 11.9. The van der Waals surface area contributed by atoms with Gasteiger partial charge in [-0.2, -0.15) is 5.10 Å². The van der Waals surface area contributed by atoms with E-state index in [1.165, 1.54) is 0 Å². The summed E-state index contributed by atoms with van der Waals surface area (Å²) in [5.74, 6) is 1.03. The van der Waals surface area contributed by atoms with Crippen molar-refractivity contribution in [2.24, 2.45) is 12.8 Å². The molecule has 0 radical (unpaired) electrons. The van der Waals surface area contributed by atoms with Crippen molar-refractivity contribution in [2.45, 2.75) is 32.9 Å². The van der Waals surface area contributed by atoms with Gasteiger partial charge in [-0.15, -0.1) is 0 Å². The number of imidazole rings is 1. The maximum absolute atomic E-state index is 6.21. The summed E-state index contributed by atoms with van der Waals surface area (Å²) in [6.45, 7) is 5.00. The maximum atomic E-state index is 6.21. The second-order valence-corrected chi connectivity index (χ2v) is 4.27. The normalized spacial score (nSPS) is 12.9. The second kappa shape index (κ2) is 4.71. The van der Waals surface area contributed by atoms with Crippen molar-refractivity contribution in [2.75, 3.05) is 0 Å². The molecule has 2 N–H and O–H groups in total. The molecular formula is C12H19N5. The quantitative estimate of drug-likeness (QED) is 0.862. The summed E-state index contributed by atoms with van der Waals surface area (Å²) in [6, 6.07) is 1.97. The molecule has 2 heterocycles. The smallest absolute Gasteiger partial charge is 0.110 e. The molecule has 0 aliphatic heterocycles. The highest BCUT2D eigenvalue weighted by atomic mass is 15.3. The Morgan fingerprint density at radius 3 is 2.82 bits per heavy atom. The average molecular weight is 233 g/mol. The molecule has 1 unspecified atom stereocenters. The zero-order valence-corrected chi connectivity index (χ0v) is 10.6. The standard InChI is InChI=1S/C12H19N5/c1-4-17-6-5-14-12(17)8-10(13)11-7-9(2)15-16(11)3/h5-7,10H,4,8,13H2,1-3H3. The van der Waals surface area contributed by atoms with Gasteiger partial charge >= 0.3 is 0 Å². The highest BCUT2D eigenvalue weighted by molar-refractivity contribution is 5.14. The van der Waals surface area contributed by atoms with E-state index in [4.69, 9.17) is 5.73 Å². The van der Waals surface area contributed by atoms with Crippen LogP contribution in [0.2, 0.25) is 0 Å². The Morgan fingerprint density at radius 1 is 1.47 bits per heavy atom. The monoisotopic (exact) mass is 233 g/mol. The minimum atomic E-state index is -0.0612. The average Bonchev–Trinajstić information content (AvgIpc) is 2.84. The van der Waals surface area contributed by atoms with Gasteiger partial charge in [0.15, 0.2) is 0 Å². The minimum absolute atomic E-state index is 0.0612. The summed E-state index contributed by atoms with van der Waals surface area (Å²) in [5.41, 5.74) is 8.26. The van der Waals surface area contributed by atoms with Crippen molar-refractivity contribution >= 4 is 0 Å². The molecule has 0 saturated carbocycles. The maximum Gasteiger partial charge on any atom is 0.110 e. The zero-order chi connectivity index (χ0) is 12.4. The summed E-state index contributed by atoms with van der Waals surface area (Å²) in [6.07, 6.45) is 4.54. The van der Waals surface area contributed by atoms with Crippen LogP contribution in [-0.2, 0) is 20.0 Å². The van der Waals surface area contributed by atoms with Crippen LogP contribution in [0.3, 0.4) is 0 Å². The molecule has 0 fully saturated rings. The van der Waals surface area contributed by atoms with Crippen molar-refractivity contribution in [3.63, 3.8) is 0 Å². The summed E-state index contributed by atoms with van der Waals surface area (Å²) >= 11 is 0. The molecule has 0 spiro atoms. The van der Waals surface area contributed by atoms with Crippen LogP contribution >= 0.6 is 0 Å². The van der Waals surface area contributed by atoms with E-state index >= 15 is 0 Å². The molecule has 0 bridgehead atoms. The summed E-state index contributed by atoms with van der Waals surface area (Å²) in [7, 11) is 1.93. The second-order valence-electron chi connectivity index (χ2n) is 4.27. The summed E-state index contributed by atoms with van der Waals surface area (Å²) < 4.78 is 3.96. The molecule has 1 atom stereocenters. The molecule has 0 amide bonds. The van der Waals surface area contributed by atoms with Crippen LogP contribution in [0.15, 0.2) is 18.5 Å². The number of nitrogens with two attached hydrogens (primary N) is 1. The Hall–Kier alpha value is -1.62. The van der Waals surface area contributed by atoms with Crippen LogP contribution in [0.4, 0.5) is 0 Å². The molecule has 5 nitrogen and oxygen atoms in total. The Morgan fingerprint density at radius 2 is 2.24 bits per heavy atom. The van der Waals surface area contributed by atoms with Crippen LogP contribution in [0.25, 0.3) is 0 Å². The van der Waals surface area contributed by atoms with Gasteiger partial charge in [-0.05, 0) is 19.9 Å². The van der Waals surface area contributed by atoms with Crippen molar-refractivity contribution in [1.29, 1.82) is 0 Å². The van der Waals surface area contributed by atoms with Crippen molar-refractivity contribution in [3.8, 4) is 0 Å². The van der Waals surface area contributed by atoms with E-state index < -0.39 is 0 Å². The van der Waals surface area contributed by atoms with Crippen LogP contribution in [0.1, 0.15) is 30.2 Å². The van der Waals surface area contributed by atoms with E-state index in [2.05, 4.69) is 21.6 Å². The van der Waals surface area contributed by atoms with Crippen LogP contribution in [0.5, 0.6) is 0 Å². The van der Waals surface area contributed by atoms with Gasteiger partial charge in [-0.1, -0.05) is 0 Å². The molecule has 0 aliphatic rings. The zero-order valence-electron chi connectivity index (χ0n) is 10.6. The lowest BCUT2D eigenvalue weighted by Crippen LogP contribution is -2.19. The Bertz CT molecular complexity index is 497.